The first kappa shape index (κ1) is 20.0. The SMILES string of the molecule is COc1ccccc1NC(=O)CN1CCN(Cc2nc(-c3cccs3)cs2)CC1. The van der Waals surface area contributed by atoms with Gasteiger partial charge in [0.2, 0.25) is 5.91 Å². The lowest BCUT2D eigenvalue weighted by Gasteiger charge is -2.33. The molecule has 0 bridgehead atoms. The number of anilines is 1. The van der Waals surface area contributed by atoms with E-state index in [-0.39, 0.29) is 5.91 Å². The molecule has 3 aromatic rings. The Labute approximate surface area is 178 Å². The molecule has 1 N–H and O–H groups in total. The minimum Gasteiger partial charge on any atom is -0.495 e. The Kier molecular flexibility index (Phi) is 6.56. The number of nitrogens with zero attached hydrogens (tertiary/aromatic N) is 3. The first-order chi connectivity index (χ1) is 14.2. The predicted molar refractivity (Wildman–Crippen MR) is 119 cm³/mol. The maximum Gasteiger partial charge on any atom is 0.238 e. The molecule has 4 rings (SSSR count). The van der Waals surface area contributed by atoms with Crippen LogP contribution in [0.4, 0.5) is 5.69 Å². The van der Waals surface area contributed by atoms with E-state index >= 15 is 0 Å². The fourth-order valence-electron chi connectivity index (χ4n) is 3.36. The van der Waals surface area contributed by atoms with Gasteiger partial charge in [0, 0.05) is 31.6 Å². The smallest absolute Gasteiger partial charge is 0.238 e. The maximum atomic E-state index is 12.4. The minimum absolute atomic E-state index is 0.0107. The number of methoxy groups -OCH3 is 1. The quantitative estimate of drug-likeness (QED) is 0.623. The van der Waals surface area contributed by atoms with Gasteiger partial charge in [-0.1, -0.05) is 18.2 Å². The van der Waals surface area contributed by atoms with E-state index in [4.69, 9.17) is 9.72 Å². The van der Waals surface area contributed by atoms with Crippen molar-refractivity contribution in [2.75, 3.05) is 45.2 Å². The van der Waals surface area contributed by atoms with Crippen LogP contribution in [0, 0.1) is 0 Å². The lowest BCUT2D eigenvalue weighted by atomic mass is 10.2. The molecule has 1 aromatic carbocycles. The van der Waals surface area contributed by atoms with E-state index in [1.54, 1.807) is 29.8 Å². The number of carbonyl (C=O) groups is 1. The fourth-order valence-corrected chi connectivity index (χ4v) is 4.95. The molecule has 0 saturated carbocycles. The second-order valence-corrected chi connectivity index (χ2v) is 8.79. The summed E-state index contributed by atoms with van der Waals surface area (Å²) < 4.78 is 5.29. The molecule has 1 aliphatic rings. The average Bonchev–Trinajstić information content (AvgIpc) is 3.42. The third-order valence-electron chi connectivity index (χ3n) is 4.90. The highest BCUT2D eigenvalue weighted by atomic mass is 32.1. The lowest BCUT2D eigenvalue weighted by Crippen LogP contribution is -2.48. The zero-order chi connectivity index (χ0) is 20.1. The molecule has 3 heterocycles. The van der Waals surface area contributed by atoms with Crippen LogP contribution in [0.3, 0.4) is 0 Å². The zero-order valence-corrected chi connectivity index (χ0v) is 18.0. The zero-order valence-electron chi connectivity index (χ0n) is 16.3. The molecular formula is C21H24N4O2S2. The Morgan fingerprint density at radius 2 is 1.90 bits per heavy atom. The molecule has 0 radical (unpaired) electrons. The summed E-state index contributed by atoms with van der Waals surface area (Å²) >= 11 is 3.44. The van der Waals surface area contributed by atoms with Crippen molar-refractivity contribution in [3.63, 3.8) is 0 Å². The summed E-state index contributed by atoms with van der Waals surface area (Å²) in [5.41, 5.74) is 1.79. The van der Waals surface area contributed by atoms with Crippen LogP contribution >= 0.6 is 22.7 Å². The second-order valence-electron chi connectivity index (χ2n) is 6.90. The molecule has 29 heavy (non-hydrogen) atoms. The van der Waals surface area contributed by atoms with Crippen molar-refractivity contribution in [2.24, 2.45) is 0 Å². The first-order valence-electron chi connectivity index (χ1n) is 9.57. The molecule has 0 spiro atoms. The van der Waals surface area contributed by atoms with Gasteiger partial charge in [0.1, 0.15) is 10.8 Å². The van der Waals surface area contributed by atoms with Gasteiger partial charge in [0.25, 0.3) is 0 Å². The lowest BCUT2D eigenvalue weighted by molar-refractivity contribution is -0.117. The molecule has 6 nitrogen and oxygen atoms in total. The van der Waals surface area contributed by atoms with Crippen LogP contribution < -0.4 is 10.1 Å². The van der Waals surface area contributed by atoms with E-state index in [0.29, 0.717) is 18.0 Å². The van der Waals surface area contributed by atoms with E-state index in [0.717, 1.165) is 43.4 Å². The summed E-state index contributed by atoms with van der Waals surface area (Å²) in [7, 11) is 1.61. The van der Waals surface area contributed by atoms with E-state index in [1.165, 1.54) is 4.88 Å². The molecule has 0 aliphatic carbocycles. The Balaban J connectivity index is 1.24. The molecule has 1 saturated heterocycles. The van der Waals surface area contributed by atoms with Crippen molar-refractivity contribution < 1.29 is 9.53 Å². The van der Waals surface area contributed by atoms with Gasteiger partial charge < -0.3 is 10.1 Å². The number of piperazine rings is 1. The van der Waals surface area contributed by atoms with Gasteiger partial charge in [-0.15, -0.1) is 22.7 Å². The van der Waals surface area contributed by atoms with Gasteiger partial charge in [-0.25, -0.2) is 4.98 Å². The molecule has 1 fully saturated rings. The number of amides is 1. The van der Waals surface area contributed by atoms with Crippen molar-refractivity contribution in [3.8, 4) is 16.3 Å². The Hall–Kier alpha value is -2.26. The van der Waals surface area contributed by atoms with E-state index in [9.17, 15) is 4.79 Å². The number of hydrogen-bond donors (Lipinski definition) is 1. The molecular weight excluding hydrogens is 404 g/mol. The van der Waals surface area contributed by atoms with Crippen molar-refractivity contribution in [2.45, 2.75) is 6.54 Å². The van der Waals surface area contributed by atoms with Crippen LogP contribution in [0.2, 0.25) is 0 Å². The van der Waals surface area contributed by atoms with Crippen LogP contribution in [0.15, 0.2) is 47.2 Å². The second kappa shape index (κ2) is 9.49. The fraction of sp³-hybridized carbons (Fsp3) is 0.333. The Bertz CT molecular complexity index is 934. The number of para-hydroxylation sites is 2. The molecule has 0 unspecified atom stereocenters. The first-order valence-corrected chi connectivity index (χ1v) is 11.3. The summed E-state index contributed by atoms with van der Waals surface area (Å²) in [5, 5.41) is 8.32. The van der Waals surface area contributed by atoms with Gasteiger partial charge in [-0.3, -0.25) is 14.6 Å². The highest BCUT2D eigenvalue weighted by Crippen LogP contribution is 2.27. The van der Waals surface area contributed by atoms with Crippen molar-refractivity contribution in [1.29, 1.82) is 0 Å². The van der Waals surface area contributed by atoms with Gasteiger partial charge in [-0.05, 0) is 23.6 Å². The van der Waals surface area contributed by atoms with Crippen molar-refractivity contribution in [3.05, 3.63) is 52.2 Å². The van der Waals surface area contributed by atoms with Crippen molar-refractivity contribution in [1.82, 2.24) is 14.8 Å². The van der Waals surface area contributed by atoms with Crippen LogP contribution in [-0.4, -0.2) is 60.5 Å². The molecule has 152 valence electrons. The van der Waals surface area contributed by atoms with Crippen LogP contribution in [-0.2, 0) is 11.3 Å². The number of rotatable bonds is 7. The summed E-state index contributed by atoms with van der Waals surface area (Å²) in [6.07, 6.45) is 0. The number of benzene rings is 1. The number of carbonyl (C=O) groups excluding carboxylic acids is 1. The van der Waals surface area contributed by atoms with Gasteiger partial charge >= 0.3 is 0 Å². The summed E-state index contributed by atoms with van der Waals surface area (Å²) in [6, 6.07) is 11.6. The Morgan fingerprint density at radius 3 is 2.66 bits per heavy atom. The average molecular weight is 429 g/mol. The number of thiazole rings is 1. The van der Waals surface area contributed by atoms with Gasteiger partial charge in [-0.2, -0.15) is 0 Å². The number of nitrogens with one attached hydrogen (secondary N) is 1. The number of thiophene rings is 1. The Morgan fingerprint density at radius 1 is 1.10 bits per heavy atom. The molecule has 1 amide bonds. The number of aromatic nitrogens is 1. The van der Waals surface area contributed by atoms with Gasteiger partial charge in [0.15, 0.2) is 0 Å². The van der Waals surface area contributed by atoms with Crippen LogP contribution in [0.1, 0.15) is 5.01 Å². The predicted octanol–water partition coefficient (Wildman–Crippen LogP) is 3.64. The van der Waals surface area contributed by atoms with E-state index in [2.05, 4.69) is 38.0 Å². The number of hydrogen-bond acceptors (Lipinski definition) is 7. The minimum atomic E-state index is -0.0107. The topological polar surface area (TPSA) is 57.7 Å². The third-order valence-corrected chi connectivity index (χ3v) is 6.62. The monoisotopic (exact) mass is 428 g/mol. The highest BCUT2D eigenvalue weighted by Gasteiger charge is 2.20. The summed E-state index contributed by atoms with van der Waals surface area (Å²) in [5.74, 6) is 0.666. The van der Waals surface area contributed by atoms with Gasteiger partial charge in [0.05, 0.1) is 36.5 Å². The number of ether oxygens (including phenoxy) is 1. The largest absolute Gasteiger partial charge is 0.495 e. The molecule has 0 atom stereocenters. The normalized spacial score (nSPS) is 15.3. The van der Waals surface area contributed by atoms with Crippen LogP contribution in [0.25, 0.3) is 10.6 Å². The van der Waals surface area contributed by atoms with E-state index < -0.39 is 0 Å². The summed E-state index contributed by atoms with van der Waals surface area (Å²) in [4.78, 5) is 23.0. The van der Waals surface area contributed by atoms with E-state index in [1.807, 2.05) is 24.3 Å². The highest BCUT2D eigenvalue weighted by molar-refractivity contribution is 7.14. The standard InChI is InChI=1S/C21H24N4O2S2/c1-27-18-6-3-2-5-16(18)22-20(26)13-24-8-10-25(11-9-24)14-21-23-17(15-29-21)19-7-4-12-28-19/h2-7,12,15H,8-11,13-14H2,1H3,(H,22,26). The maximum absolute atomic E-state index is 12.4. The van der Waals surface area contributed by atoms with Crippen molar-refractivity contribution >= 4 is 34.3 Å². The third kappa shape index (κ3) is 5.22. The molecule has 2 aromatic heterocycles. The van der Waals surface area contributed by atoms with Crippen LogP contribution in [0.5, 0.6) is 5.75 Å². The molecule has 8 heteroatoms. The molecule has 1 aliphatic heterocycles. The summed E-state index contributed by atoms with van der Waals surface area (Å²) in [6.45, 7) is 4.90.